The van der Waals surface area contributed by atoms with Crippen molar-refractivity contribution in [1.82, 2.24) is 4.90 Å². The van der Waals surface area contributed by atoms with E-state index in [-0.39, 0.29) is 30.8 Å². The summed E-state index contributed by atoms with van der Waals surface area (Å²) in [6.07, 6.45) is -0.0708. The van der Waals surface area contributed by atoms with Crippen molar-refractivity contribution >= 4 is 11.9 Å². The van der Waals surface area contributed by atoms with Crippen LogP contribution < -0.4 is 0 Å². The minimum absolute atomic E-state index is 0.0113. The molecule has 2 fully saturated rings. The zero-order chi connectivity index (χ0) is 15.7. The summed E-state index contributed by atoms with van der Waals surface area (Å²) >= 11 is 0. The Balaban J connectivity index is 1.84. The third kappa shape index (κ3) is 3.89. The zero-order valence-corrected chi connectivity index (χ0v) is 11.8. The van der Waals surface area contributed by atoms with Gasteiger partial charge in [0.2, 0.25) is 0 Å². The van der Waals surface area contributed by atoms with Crippen molar-refractivity contribution in [2.24, 2.45) is 11.3 Å². The number of carbonyl (C=O) groups excluding carboxylic acids is 1. The molecule has 1 saturated carbocycles. The number of hydrogen-bond donors (Lipinski definition) is 1. The second kappa shape index (κ2) is 5.85. The molecule has 1 aliphatic carbocycles. The second-order valence-electron chi connectivity index (χ2n) is 6.33. The molecule has 120 valence electrons. The van der Waals surface area contributed by atoms with E-state index in [0.29, 0.717) is 12.8 Å². The molecule has 21 heavy (non-hydrogen) atoms. The first-order valence-electron chi connectivity index (χ1n) is 7.30. The van der Waals surface area contributed by atoms with Crippen molar-refractivity contribution in [3.63, 3.8) is 0 Å². The molecule has 0 aromatic carbocycles. The lowest BCUT2D eigenvalue weighted by molar-refractivity contribution is -0.187. The van der Waals surface area contributed by atoms with Gasteiger partial charge in [0.1, 0.15) is 0 Å². The normalized spacial score (nSPS) is 23.3. The quantitative estimate of drug-likeness (QED) is 0.853. The van der Waals surface area contributed by atoms with E-state index in [0.717, 1.165) is 30.6 Å². The Morgan fingerprint density at radius 2 is 1.62 bits per heavy atom. The van der Waals surface area contributed by atoms with E-state index >= 15 is 0 Å². The van der Waals surface area contributed by atoms with Gasteiger partial charge in [0, 0.05) is 19.5 Å². The van der Waals surface area contributed by atoms with Crippen molar-refractivity contribution < 1.29 is 27.9 Å². The maximum absolute atomic E-state index is 12.4. The van der Waals surface area contributed by atoms with Crippen molar-refractivity contribution in [3.8, 4) is 0 Å². The number of halogens is 3. The second-order valence-corrected chi connectivity index (χ2v) is 6.33. The van der Waals surface area contributed by atoms with Crippen LogP contribution in [0.15, 0.2) is 0 Å². The van der Waals surface area contributed by atoms with Gasteiger partial charge in [-0.15, -0.1) is 0 Å². The zero-order valence-electron chi connectivity index (χ0n) is 11.8. The Hall–Kier alpha value is -1.27. The van der Waals surface area contributed by atoms with E-state index in [9.17, 15) is 22.8 Å². The highest BCUT2D eigenvalue weighted by molar-refractivity contribution is 5.81. The average Bonchev–Trinajstić information content (AvgIpc) is 2.40. The first-order chi connectivity index (χ1) is 9.72. The van der Waals surface area contributed by atoms with Gasteiger partial charge in [-0.3, -0.25) is 9.59 Å². The molecule has 0 bridgehead atoms. The minimum atomic E-state index is -4.79. The molecule has 2 rings (SSSR count). The number of piperidine rings is 1. The molecule has 1 aliphatic heterocycles. The number of rotatable bonds is 2. The number of carboxylic acids is 1. The van der Waals surface area contributed by atoms with Crippen LogP contribution in [-0.2, 0) is 9.59 Å². The van der Waals surface area contributed by atoms with E-state index in [1.807, 2.05) is 0 Å². The predicted molar refractivity (Wildman–Crippen MR) is 68.5 cm³/mol. The van der Waals surface area contributed by atoms with Crippen molar-refractivity contribution in [2.75, 3.05) is 13.1 Å². The fraction of sp³-hybridized carbons (Fsp3) is 0.857. The third-order valence-corrected chi connectivity index (χ3v) is 4.98. The summed E-state index contributed by atoms with van der Waals surface area (Å²) in [4.78, 5) is 22.8. The minimum Gasteiger partial charge on any atom is -0.481 e. The maximum atomic E-state index is 12.4. The average molecular weight is 307 g/mol. The molecule has 0 aromatic heterocycles. The lowest BCUT2D eigenvalue weighted by Crippen LogP contribution is -2.48. The largest absolute Gasteiger partial charge is 0.481 e. The molecular formula is C14H20F3NO3. The Bertz CT molecular complexity index is 404. The number of alkyl halides is 3. The van der Waals surface area contributed by atoms with Crippen molar-refractivity contribution in [3.05, 3.63) is 0 Å². The molecule has 2 aliphatic rings. The smallest absolute Gasteiger partial charge is 0.471 e. The van der Waals surface area contributed by atoms with Gasteiger partial charge < -0.3 is 10.0 Å². The highest BCUT2D eigenvalue weighted by Gasteiger charge is 2.46. The fourth-order valence-electron chi connectivity index (χ4n) is 3.60. The van der Waals surface area contributed by atoms with Crippen LogP contribution in [0.3, 0.4) is 0 Å². The van der Waals surface area contributed by atoms with E-state index in [2.05, 4.69) is 0 Å². The molecule has 0 atom stereocenters. The summed E-state index contributed by atoms with van der Waals surface area (Å²) in [5, 5.41) is 8.79. The highest BCUT2D eigenvalue weighted by Crippen LogP contribution is 2.47. The Morgan fingerprint density at radius 1 is 1.10 bits per heavy atom. The SMILES string of the molecule is O=C(O)CC1CCC2(CC1)CCN(C(=O)C(F)(F)F)CC2. The fourth-order valence-corrected chi connectivity index (χ4v) is 3.60. The summed E-state index contributed by atoms with van der Waals surface area (Å²) in [5.41, 5.74) is 0.0113. The van der Waals surface area contributed by atoms with E-state index < -0.39 is 18.1 Å². The molecule has 7 heteroatoms. The Labute approximate surface area is 121 Å². The van der Waals surface area contributed by atoms with Crippen molar-refractivity contribution in [1.29, 1.82) is 0 Å². The standard InChI is InChI=1S/C14H20F3NO3/c15-14(16,17)12(21)18-7-5-13(6-8-18)3-1-10(2-4-13)9-11(19)20/h10H,1-9H2,(H,19,20). The molecule has 0 radical (unpaired) electrons. The lowest BCUT2D eigenvalue weighted by atomic mass is 9.65. The molecular weight excluding hydrogens is 287 g/mol. The number of amides is 1. The molecule has 1 N–H and O–H groups in total. The van der Waals surface area contributed by atoms with Crippen molar-refractivity contribution in [2.45, 2.75) is 51.1 Å². The monoisotopic (exact) mass is 307 g/mol. The number of nitrogens with zero attached hydrogens (tertiary/aromatic N) is 1. The van der Waals surface area contributed by atoms with Gasteiger partial charge in [-0.2, -0.15) is 13.2 Å². The van der Waals surface area contributed by atoms with Crippen LogP contribution in [-0.4, -0.2) is 41.1 Å². The summed E-state index contributed by atoms with van der Waals surface area (Å²) in [6.45, 7) is 0.309. The van der Waals surface area contributed by atoms with Gasteiger partial charge >= 0.3 is 18.1 Å². The first kappa shape index (κ1) is 16.1. The van der Waals surface area contributed by atoms with Gasteiger partial charge in [-0.05, 0) is 49.9 Å². The van der Waals surface area contributed by atoms with Crippen LogP contribution in [0, 0.1) is 11.3 Å². The topological polar surface area (TPSA) is 57.6 Å². The van der Waals surface area contributed by atoms with Crippen LogP contribution in [0.5, 0.6) is 0 Å². The summed E-state index contributed by atoms with van der Waals surface area (Å²) in [7, 11) is 0. The van der Waals surface area contributed by atoms with E-state index in [4.69, 9.17) is 5.11 Å². The first-order valence-corrected chi connectivity index (χ1v) is 7.30. The van der Waals surface area contributed by atoms with Crippen LogP contribution >= 0.6 is 0 Å². The molecule has 1 amide bonds. The molecule has 0 aromatic rings. The maximum Gasteiger partial charge on any atom is 0.471 e. The Morgan fingerprint density at radius 3 is 2.05 bits per heavy atom. The van der Waals surface area contributed by atoms with E-state index in [1.54, 1.807) is 0 Å². The van der Waals surface area contributed by atoms with E-state index in [1.165, 1.54) is 0 Å². The summed E-state index contributed by atoms with van der Waals surface area (Å²) in [5.74, 6) is -2.35. The van der Waals surface area contributed by atoms with Crippen LogP contribution in [0.2, 0.25) is 0 Å². The van der Waals surface area contributed by atoms with Crippen LogP contribution in [0.4, 0.5) is 13.2 Å². The van der Waals surface area contributed by atoms with Gasteiger partial charge in [-0.25, -0.2) is 0 Å². The van der Waals surface area contributed by atoms with Crippen LogP contribution in [0.25, 0.3) is 0 Å². The van der Waals surface area contributed by atoms with Gasteiger partial charge in [0.25, 0.3) is 0 Å². The molecule has 0 unspecified atom stereocenters. The number of hydrogen-bond acceptors (Lipinski definition) is 2. The number of likely N-dealkylation sites (tertiary alicyclic amines) is 1. The summed E-state index contributed by atoms with van der Waals surface area (Å²) in [6, 6.07) is 0. The molecule has 1 spiro atoms. The van der Waals surface area contributed by atoms with Crippen LogP contribution in [0.1, 0.15) is 44.9 Å². The number of carboxylic acid groups (broad SMARTS) is 1. The van der Waals surface area contributed by atoms with Gasteiger partial charge in [0.05, 0.1) is 0 Å². The van der Waals surface area contributed by atoms with Gasteiger partial charge in [-0.1, -0.05) is 0 Å². The molecule has 4 nitrogen and oxygen atoms in total. The summed E-state index contributed by atoms with van der Waals surface area (Å²) < 4.78 is 37.2. The lowest BCUT2D eigenvalue weighted by Gasteiger charge is -2.45. The van der Waals surface area contributed by atoms with Gasteiger partial charge in [0.15, 0.2) is 0 Å². The molecule has 1 heterocycles. The third-order valence-electron chi connectivity index (χ3n) is 4.98. The predicted octanol–water partition coefficient (Wildman–Crippen LogP) is 2.82. The number of carbonyl (C=O) groups is 2. The highest BCUT2D eigenvalue weighted by atomic mass is 19.4. The molecule has 1 saturated heterocycles. The number of aliphatic carboxylic acids is 1. The Kier molecular flexibility index (Phi) is 4.49.